The van der Waals surface area contributed by atoms with Crippen molar-refractivity contribution in [2.24, 2.45) is 0 Å². The number of aromatic nitrogens is 2. The minimum Gasteiger partial charge on any atom is -0.370 e. The first-order chi connectivity index (χ1) is 9.51. The van der Waals surface area contributed by atoms with Gasteiger partial charge in [-0.1, -0.05) is 0 Å². The highest BCUT2D eigenvalue weighted by atomic mass is 79.9. The molecule has 6 heteroatoms. The van der Waals surface area contributed by atoms with E-state index in [1.54, 1.807) is 11.3 Å². The summed E-state index contributed by atoms with van der Waals surface area (Å²) in [6, 6.07) is 2.15. The third kappa shape index (κ3) is 3.49. The molecule has 0 spiro atoms. The van der Waals surface area contributed by atoms with E-state index in [9.17, 15) is 0 Å². The standard InChI is InChI=1S/C14H19BrN4S/c1-5-16-13-9(2)14(18-10(3)17-13)19(4)7-12-6-11(15)8-20-12/h6,8H,5,7H2,1-4H3,(H,16,17,18). The Kier molecular flexibility index (Phi) is 4.99. The minimum absolute atomic E-state index is 0.792. The number of halogens is 1. The monoisotopic (exact) mass is 354 g/mol. The van der Waals surface area contributed by atoms with E-state index in [4.69, 9.17) is 0 Å². The molecule has 1 N–H and O–H groups in total. The fourth-order valence-corrected chi connectivity index (χ4v) is 3.57. The van der Waals surface area contributed by atoms with Crippen LogP contribution in [-0.2, 0) is 6.54 Å². The second kappa shape index (κ2) is 6.54. The number of anilines is 2. The van der Waals surface area contributed by atoms with E-state index in [1.807, 2.05) is 6.92 Å². The van der Waals surface area contributed by atoms with Gasteiger partial charge >= 0.3 is 0 Å². The zero-order chi connectivity index (χ0) is 14.7. The van der Waals surface area contributed by atoms with Crippen LogP contribution in [-0.4, -0.2) is 23.6 Å². The van der Waals surface area contributed by atoms with Gasteiger partial charge in [0.15, 0.2) is 0 Å². The Labute approximate surface area is 132 Å². The quantitative estimate of drug-likeness (QED) is 0.881. The molecular formula is C14H19BrN4S. The van der Waals surface area contributed by atoms with Crippen LogP contribution in [0.2, 0.25) is 0 Å². The van der Waals surface area contributed by atoms with Gasteiger partial charge in [0.1, 0.15) is 17.5 Å². The van der Waals surface area contributed by atoms with Gasteiger partial charge in [0.25, 0.3) is 0 Å². The predicted octanol–water partition coefficient (Wildman–Crippen LogP) is 3.99. The maximum atomic E-state index is 4.59. The van der Waals surface area contributed by atoms with Crippen LogP contribution in [0.1, 0.15) is 23.2 Å². The first kappa shape index (κ1) is 15.3. The molecule has 20 heavy (non-hydrogen) atoms. The number of hydrogen-bond acceptors (Lipinski definition) is 5. The second-order valence-corrected chi connectivity index (χ2v) is 6.60. The second-order valence-electron chi connectivity index (χ2n) is 4.69. The molecular weight excluding hydrogens is 336 g/mol. The summed E-state index contributed by atoms with van der Waals surface area (Å²) in [4.78, 5) is 12.5. The Morgan fingerprint density at radius 1 is 1.35 bits per heavy atom. The largest absolute Gasteiger partial charge is 0.370 e. The molecule has 0 fully saturated rings. The number of hydrogen-bond donors (Lipinski definition) is 1. The van der Waals surface area contributed by atoms with Gasteiger partial charge in [0.2, 0.25) is 0 Å². The third-order valence-electron chi connectivity index (χ3n) is 2.95. The average molecular weight is 355 g/mol. The van der Waals surface area contributed by atoms with Crippen molar-refractivity contribution in [3.05, 3.63) is 32.2 Å². The molecule has 0 amide bonds. The van der Waals surface area contributed by atoms with E-state index in [-0.39, 0.29) is 0 Å². The molecule has 2 rings (SSSR count). The van der Waals surface area contributed by atoms with E-state index in [0.717, 1.165) is 40.6 Å². The van der Waals surface area contributed by atoms with Crippen LogP contribution in [0.5, 0.6) is 0 Å². The van der Waals surface area contributed by atoms with Crippen molar-refractivity contribution in [2.75, 3.05) is 23.8 Å². The van der Waals surface area contributed by atoms with Gasteiger partial charge in [-0.25, -0.2) is 9.97 Å². The molecule has 0 radical (unpaired) electrons. The van der Waals surface area contributed by atoms with E-state index >= 15 is 0 Å². The molecule has 0 unspecified atom stereocenters. The zero-order valence-corrected chi connectivity index (χ0v) is 14.6. The SMILES string of the molecule is CCNc1nc(C)nc(N(C)Cc2cc(Br)cs2)c1C. The Morgan fingerprint density at radius 2 is 2.10 bits per heavy atom. The summed E-state index contributed by atoms with van der Waals surface area (Å²) in [5.41, 5.74) is 1.09. The van der Waals surface area contributed by atoms with Gasteiger partial charge < -0.3 is 10.2 Å². The molecule has 0 aliphatic carbocycles. The highest BCUT2D eigenvalue weighted by Gasteiger charge is 2.13. The van der Waals surface area contributed by atoms with Crippen LogP contribution in [0.4, 0.5) is 11.6 Å². The summed E-state index contributed by atoms with van der Waals surface area (Å²) < 4.78 is 1.13. The van der Waals surface area contributed by atoms with Crippen LogP contribution in [0, 0.1) is 13.8 Å². The van der Waals surface area contributed by atoms with E-state index in [0.29, 0.717) is 0 Å². The van der Waals surface area contributed by atoms with Crippen LogP contribution in [0.3, 0.4) is 0 Å². The topological polar surface area (TPSA) is 41.1 Å². The molecule has 0 saturated heterocycles. The molecule has 0 aliphatic rings. The normalized spacial score (nSPS) is 10.7. The number of rotatable bonds is 5. The van der Waals surface area contributed by atoms with E-state index < -0.39 is 0 Å². The van der Waals surface area contributed by atoms with Crippen molar-refractivity contribution in [3.8, 4) is 0 Å². The van der Waals surface area contributed by atoms with Crippen LogP contribution in [0.15, 0.2) is 15.9 Å². The fourth-order valence-electron chi connectivity index (χ4n) is 2.07. The number of nitrogens with zero attached hydrogens (tertiary/aromatic N) is 3. The Bertz CT molecular complexity index is 597. The highest BCUT2D eigenvalue weighted by molar-refractivity contribution is 9.10. The molecule has 2 aromatic heterocycles. The number of aryl methyl sites for hydroxylation is 1. The maximum absolute atomic E-state index is 4.59. The lowest BCUT2D eigenvalue weighted by Crippen LogP contribution is -2.20. The van der Waals surface area contributed by atoms with Crippen molar-refractivity contribution in [2.45, 2.75) is 27.3 Å². The summed E-state index contributed by atoms with van der Waals surface area (Å²) in [5.74, 6) is 2.70. The summed E-state index contributed by atoms with van der Waals surface area (Å²) in [6.45, 7) is 7.77. The highest BCUT2D eigenvalue weighted by Crippen LogP contribution is 2.26. The van der Waals surface area contributed by atoms with Crippen molar-refractivity contribution < 1.29 is 0 Å². The molecule has 0 aliphatic heterocycles. The molecule has 4 nitrogen and oxygen atoms in total. The molecule has 0 saturated carbocycles. The first-order valence-electron chi connectivity index (χ1n) is 6.54. The smallest absolute Gasteiger partial charge is 0.137 e. The number of nitrogens with one attached hydrogen (secondary N) is 1. The third-order valence-corrected chi connectivity index (χ3v) is 4.63. The van der Waals surface area contributed by atoms with Gasteiger partial charge in [0, 0.05) is 33.9 Å². The molecule has 2 aromatic rings. The van der Waals surface area contributed by atoms with E-state index in [1.165, 1.54) is 4.88 Å². The molecule has 0 atom stereocenters. The summed E-state index contributed by atoms with van der Waals surface area (Å²) >= 11 is 5.24. The summed E-state index contributed by atoms with van der Waals surface area (Å²) in [6.07, 6.45) is 0. The van der Waals surface area contributed by atoms with Gasteiger partial charge in [-0.15, -0.1) is 11.3 Å². The first-order valence-corrected chi connectivity index (χ1v) is 8.21. The Balaban J connectivity index is 2.26. The van der Waals surface area contributed by atoms with Crippen molar-refractivity contribution >= 4 is 38.9 Å². The molecule has 108 valence electrons. The van der Waals surface area contributed by atoms with Gasteiger partial charge in [-0.05, 0) is 42.8 Å². The minimum atomic E-state index is 0.792. The van der Waals surface area contributed by atoms with Crippen LogP contribution >= 0.6 is 27.3 Å². The lowest BCUT2D eigenvalue weighted by molar-refractivity contribution is 0.879. The van der Waals surface area contributed by atoms with Crippen molar-refractivity contribution in [3.63, 3.8) is 0 Å². The van der Waals surface area contributed by atoms with Gasteiger partial charge in [-0.3, -0.25) is 0 Å². The zero-order valence-electron chi connectivity index (χ0n) is 12.2. The Morgan fingerprint density at radius 3 is 2.70 bits per heavy atom. The average Bonchev–Trinajstić information content (AvgIpc) is 2.79. The van der Waals surface area contributed by atoms with Gasteiger partial charge in [-0.2, -0.15) is 0 Å². The summed E-state index contributed by atoms with van der Waals surface area (Å²) in [7, 11) is 2.07. The predicted molar refractivity (Wildman–Crippen MR) is 89.8 cm³/mol. The van der Waals surface area contributed by atoms with Crippen LogP contribution in [0.25, 0.3) is 0 Å². The lowest BCUT2D eigenvalue weighted by atomic mass is 10.2. The van der Waals surface area contributed by atoms with E-state index in [2.05, 4.69) is 68.5 Å². The van der Waals surface area contributed by atoms with Crippen molar-refractivity contribution in [1.82, 2.24) is 9.97 Å². The Hall–Kier alpha value is -1.14. The molecule has 0 bridgehead atoms. The fraction of sp³-hybridized carbons (Fsp3) is 0.429. The van der Waals surface area contributed by atoms with Crippen molar-refractivity contribution in [1.29, 1.82) is 0 Å². The molecule has 2 heterocycles. The summed E-state index contributed by atoms with van der Waals surface area (Å²) in [5, 5.41) is 5.40. The van der Waals surface area contributed by atoms with Gasteiger partial charge in [0.05, 0.1) is 6.54 Å². The number of thiophene rings is 1. The lowest BCUT2D eigenvalue weighted by Gasteiger charge is -2.21. The maximum Gasteiger partial charge on any atom is 0.137 e. The molecule has 0 aromatic carbocycles. The van der Waals surface area contributed by atoms with Crippen LogP contribution < -0.4 is 10.2 Å².